The first-order valence-corrected chi connectivity index (χ1v) is 5.24. The lowest BCUT2D eigenvalue weighted by Gasteiger charge is -2.14. The summed E-state index contributed by atoms with van der Waals surface area (Å²) in [5.74, 6) is 0.365. The van der Waals surface area contributed by atoms with Crippen molar-refractivity contribution in [3.05, 3.63) is 12.2 Å². The summed E-state index contributed by atoms with van der Waals surface area (Å²) in [4.78, 5) is 5.29. The molecule has 1 aliphatic carbocycles. The molecule has 0 bridgehead atoms. The summed E-state index contributed by atoms with van der Waals surface area (Å²) in [6.07, 6.45) is 3.73. The van der Waals surface area contributed by atoms with Gasteiger partial charge >= 0.3 is 0 Å². The van der Waals surface area contributed by atoms with Crippen molar-refractivity contribution in [3.8, 4) is 0 Å². The topological polar surface area (TPSA) is 41.8 Å². The van der Waals surface area contributed by atoms with Gasteiger partial charge in [0.1, 0.15) is 6.10 Å². The molecule has 78 valence electrons. The lowest BCUT2D eigenvalue weighted by molar-refractivity contribution is 0.0746. The maximum atomic E-state index is 9.89. The van der Waals surface area contributed by atoms with Crippen LogP contribution in [0, 0.1) is 5.92 Å². The summed E-state index contributed by atoms with van der Waals surface area (Å²) in [5.41, 5.74) is 1.83. The second kappa shape index (κ2) is 3.73. The highest BCUT2D eigenvalue weighted by molar-refractivity contribution is 5.92. The second-order valence-electron chi connectivity index (χ2n) is 4.37. The minimum atomic E-state index is -0.486. The minimum Gasteiger partial charge on any atom is -0.392 e. The van der Waals surface area contributed by atoms with Crippen LogP contribution in [0.3, 0.4) is 0 Å². The van der Waals surface area contributed by atoms with Crippen LogP contribution in [0.25, 0.3) is 0 Å². The van der Waals surface area contributed by atoms with Crippen LogP contribution in [0.4, 0.5) is 0 Å². The van der Waals surface area contributed by atoms with Crippen molar-refractivity contribution in [2.45, 2.75) is 44.8 Å². The van der Waals surface area contributed by atoms with E-state index in [4.69, 9.17) is 4.84 Å². The minimum absolute atomic E-state index is 0.241. The molecule has 0 aromatic heterocycles. The third kappa shape index (κ3) is 1.69. The molecule has 3 nitrogen and oxygen atoms in total. The molecule has 3 unspecified atom stereocenters. The van der Waals surface area contributed by atoms with Crippen molar-refractivity contribution >= 4 is 5.71 Å². The zero-order chi connectivity index (χ0) is 10.1. The van der Waals surface area contributed by atoms with E-state index in [1.807, 2.05) is 6.92 Å². The van der Waals surface area contributed by atoms with Gasteiger partial charge in [-0.25, -0.2) is 0 Å². The molecule has 2 rings (SSSR count). The Morgan fingerprint density at radius 3 is 3.21 bits per heavy atom. The van der Waals surface area contributed by atoms with Gasteiger partial charge in [-0.1, -0.05) is 10.7 Å². The third-order valence-corrected chi connectivity index (χ3v) is 3.01. The van der Waals surface area contributed by atoms with Crippen molar-refractivity contribution < 1.29 is 9.94 Å². The maximum Gasteiger partial charge on any atom is 0.135 e. The van der Waals surface area contributed by atoms with Gasteiger partial charge in [-0.3, -0.25) is 0 Å². The molecule has 3 heteroatoms. The Morgan fingerprint density at radius 2 is 2.50 bits per heavy atom. The number of nitrogens with zero attached hydrogens (tertiary/aromatic N) is 1. The van der Waals surface area contributed by atoms with E-state index in [1.54, 1.807) is 0 Å². The summed E-state index contributed by atoms with van der Waals surface area (Å²) in [5, 5.41) is 13.9. The molecule has 0 aromatic carbocycles. The standard InChI is InChI=1S/C11H17NO2/c1-7(2)6-9(13)11-8-4-3-5-10(8)14-12-11/h8-10,13H,1,3-6H2,2H3. The van der Waals surface area contributed by atoms with Gasteiger partial charge in [0.15, 0.2) is 0 Å². The predicted octanol–water partition coefficient (Wildman–Crippen LogP) is 1.87. The molecule has 1 saturated carbocycles. The van der Waals surface area contributed by atoms with Crippen LogP contribution in [0.15, 0.2) is 17.3 Å². The summed E-state index contributed by atoms with van der Waals surface area (Å²) in [6.45, 7) is 5.72. The Balaban J connectivity index is 2.00. The molecule has 0 amide bonds. The van der Waals surface area contributed by atoms with Crippen LogP contribution >= 0.6 is 0 Å². The molecule has 0 radical (unpaired) electrons. The van der Waals surface area contributed by atoms with E-state index in [9.17, 15) is 5.11 Å². The SMILES string of the molecule is C=C(C)CC(O)C1=NOC2CCCC12. The highest BCUT2D eigenvalue weighted by Gasteiger charge is 2.40. The van der Waals surface area contributed by atoms with E-state index in [-0.39, 0.29) is 6.10 Å². The Hall–Kier alpha value is -0.830. The van der Waals surface area contributed by atoms with E-state index in [1.165, 1.54) is 6.42 Å². The first kappa shape index (κ1) is 9.71. The molecule has 14 heavy (non-hydrogen) atoms. The Labute approximate surface area is 84.4 Å². The predicted molar refractivity (Wildman–Crippen MR) is 55.1 cm³/mol. The quantitative estimate of drug-likeness (QED) is 0.698. The van der Waals surface area contributed by atoms with Crippen molar-refractivity contribution in [1.82, 2.24) is 0 Å². The fraction of sp³-hybridized carbons (Fsp3) is 0.727. The van der Waals surface area contributed by atoms with Gasteiger partial charge in [-0.2, -0.15) is 0 Å². The molecular formula is C11H17NO2. The number of rotatable bonds is 3. The van der Waals surface area contributed by atoms with E-state index in [0.717, 1.165) is 24.1 Å². The smallest absolute Gasteiger partial charge is 0.135 e. The normalized spacial score (nSPS) is 32.0. The van der Waals surface area contributed by atoms with Crippen LogP contribution in [-0.2, 0) is 4.84 Å². The second-order valence-corrected chi connectivity index (χ2v) is 4.37. The van der Waals surface area contributed by atoms with Crippen LogP contribution in [0.2, 0.25) is 0 Å². The van der Waals surface area contributed by atoms with Gasteiger partial charge in [0, 0.05) is 5.92 Å². The Morgan fingerprint density at radius 1 is 1.71 bits per heavy atom. The molecule has 0 aromatic rings. The third-order valence-electron chi connectivity index (χ3n) is 3.01. The monoisotopic (exact) mass is 195 g/mol. The first-order valence-electron chi connectivity index (χ1n) is 5.24. The summed E-state index contributed by atoms with van der Waals surface area (Å²) in [6, 6.07) is 0. The average Bonchev–Trinajstić information content (AvgIpc) is 2.59. The number of aliphatic hydroxyl groups is 1. The molecule has 3 atom stereocenters. The molecule has 1 fully saturated rings. The van der Waals surface area contributed by atoms with Crippen molar-refractivity contribution in [2.75, 3.05) is 0 Å². The summed E-state index contributed by atoms with van der Waals surface area (Å²) in [7, 11) is 0. The number of hydrogen-bond donors (Lipinski definition) is 1. The van der Waals surface area contributed by atoms with Gasteiger partial charge in [0.05, 0.1) is 11.8 Å². The number of fused-ring (bicyclic) bond motifs is 1. The van der Waals surface area contributed by atoms with Gasteiger partial charge < -0.3 is 9.94 Å². The van der Waals surface area contributed by atoms with E-state index >= 15 is 0 Å². The van der Waals surface area contributed by atoms with Crippen LogP contribution in [0.1, 0.15) is 32.6 Å². The van der Waals surface area contributed by atoms with Gasteiger partial charge in [-0.05, 0) is 32.6 Å². The molecule has 0 spiro atoms. The lowest BCUT2D eigenvalue weighted by atomic mass is 9.93. The van der Waals surface area contributed by atoms with Crippen molar-refractivity contribution in [1.29, 1.82) is 0 Å². The lowest BCUT2D eigenvalue weighted by Crippen LogP contribution is -2.28. The largest absolute Gasteiger partial charge is 0.392 e. The van der Waals surface area contributed by atoms with Crippen LogP contribution in [0.5, 0.6) is 0 Å². The number of hydrogen-bond acceptors (Lipinski definition) is 3. The van der Waals surface area contributed by atoms with E-state index < -0.39 is 6.10 Å². The Kier molecular flexibility index (Phi) is 2.59. The zero-order valence-corrected chi connectivity index (χ0v) is 8.57. The van der Waals surface area contributed by atoms with Crippen LogP contribution < -0.4 is 0 Å². The zero-order valence-electron chi connectivity index (χ0n) is 8.57. The molecule has 2 aliphatic rings. The molecule has 1 aliphatic heterocycles. The maximum absolute atomic E-state index is 9.89. The van der Waals surface area contributed by atoms with Gasteiger partial charge in [-0.15, -0.1) is 6.58 Å². The average molecular weight is 195 g/mol. The van der Waals surface area contributed by atoms with Crippen LogP contribution in [-0.4, -0.2) is 23.0 Å². The number of oxime groups is 1. The molecule has 1 N–H and O–H groups in total. The Bertz CT molecular complexity index is 272. The molecule has 0 saturated heterocycles. The first-order chi connectivity index (χ1) is 6.68. The summed E-state index contributed by atoms with van der Waals surface area (Å²) >= 11 is 0. The fourth-order valence-electron chi connectivity index (χ4n) is 2.33. The number of aliphatic hydroxyl groups excluding tert-OH is 1. The fourth-order valence-corrected chi connectivity index (χ4v) is 2.33. The molecule has 1 heterocycles. The van der Waals surface area contributed by atoms with Gasteiger partial charge in [0.2, 0.25) is 0 Å². The van der Waals surface area contributed by atoms with Gasteiger partial charge in [0.25, 0.3) is 0 Å². The van der Waals surface area contributed by atoms with E-state index in [2.05, 4.69) is 11.7 Å². The highest BCUT2D eigenvalue weighted by atomic mass is 16.6. The van der Waals surface area contributed by atoms with Crippen molar-refractivity contribution in [3.63, 3.8) is 0 Å². The van der Waals surface area contributed by atoms with Crippen molar-refractivity contribution in [2.24, 2.45) is 11.1 Å². The van der Waals surface area contributed by atoms with E-state index in [0.29, 0.717) is 12.3 Å². The summed E-state index contributed by atoms with van der Waals surface area (Å²) < 4.78 is 0. The highest BCUT2D eigenvalue weighted by Crippen LogP contribution is 2.35. The molecular weight excluding hydrogens is 178 g/mol.